The molecule has 0 spiro atoms. The van der Waals surface area contributed by atoms with Crippen LogP contribution in [0.3, 0.4) is 0 Å². The predicted molar refractivity (Wildman–Crippen MR) is 102 cm³/mol. The van der Waals surface area contributed by atoms with E-state index in [0.717, 1.165) is 39.1 Å². The number of aromatic amines is 1. The summed E-state index contributed by atoms with van der Waals surface area (Å²) in [5.41, 5.74) is 8.89. The van der Waals surface area contributed by atoms with Crippen molar-refractivity contribution in [1.29, 1.82) is 0 Å². The summed E-state index contributed by atoms with van der Waals surface area (Å²) in [4.78, 5) is 4.65. The molecule has 2 heterocycles. The molecule has 140 valence electrons. The molecule has 0 fully saturated rings. The SMILES string of the molecule is COc1ccc2nc3[nH]nc(C)c3c(NCCOCCOCCN)c2c1. The number of nitrogens with two attached hydrogens (primary N) is 1. The Labute approximate surface area is 152 Å². The Kier molecular flexibility index (Phi) is 6.21. The van der Waals surface area contributed by atoms with Crippen molar-refractivity contribution in [2.45, 2.75) is 6.92 Å². The highest BCUT2D eigenvalue weighted by molar-refractivity contribution is 6.07. The Bertz CT molecular complexity index is 865. The topological polar surface area (TPSA) is 107 Å². The third kappa shape index (κ3) is 4.04. The lowest BCUT2D eigenvalue weighted by molar-refractivity contribution is 0.0548. The maximum atomic E-state index is 5.59. The lowest BCUT2D eigenvalue weighted by Gasteiger charge is -2.13. The van der Waals surface area contributed by atoms with Crippen LogP contribution >= 0.6 is 0 Å². The van der Waals surface area contributed by atoms with Crippen LogP contribution in [0, 0.1) is 6.92 Å². The fourth-order valence-electron chi connectivity index (χ4n) is 2.83. The van der Waals surface area contributed by atoms with Crippen molar-refractivity contribution < 1.29 is 14.2 Å². The van der Waals surface area contributed by atoms with Crippen LogP contribution in [0.5, 0.6) is 5.75 Å². The average molecular weight is 359 g/mol. The Hall–Kier alpha value is -2.42. The largest absolute Gasteiger partial charge is 0.497 e. The standard InChI is InChI=1S/C18H25N5O3/c1-12-16-17(20-6-8-26-10-9-25-7-5-19)14-11-13(24-2)3-4-15(14)21-18(16)23-22-12/h3-4,11H,5-10,19H2,1-2H3,(H2,20,21,22,23). The first kappa shape index (κ1) is 18.4. The molecule has 8 nitrogen and oxygen atoms in total. The van der Waals surface area contributed by atoms with E-state index in [0.29, 0.717) is 39.5 Å². The third-order valence-electron chi connectivity index (χ3n) is 4.07. The fourth-order valence-corrected chi connectivity index (χ4v) is 2.83. The number of methoxy groups -OCH3 is 1. The predicted octanol–water partition coefficient (Wildman–Crippen LogP) is 1.83. The van der Waals surface area contributed by atoms with Crippen molar-refractivity contribution in [1.82, 2.24) is 15.2 Å². The van der Waals surface area contributed by atoms with E-state index in [4.69, 9.17) is 19.9 Å². The smallest absolute Gasteiger partial charge is 0.158 e. The molecule has 0 saturated heterocycles. The minimum atomic E-state index is 0.528. The molecular formula is C18H25N5O3. The molecule has 1 aromatic carbocycles. The zero-order valence-electron chi connectivity index (χ0n) is 15.2. The van der Waals surface area contributed by atoms with Crippen LogP contribution in [0.25, 0.3) is 21.9 Å². The lowest BCUT2D eigenvalue weighted by Crippen LogP contribution is -2.15. The van der Waals surface area contributed by atoms with Gasteiger partial charge in [-0.25, -0.2) is 4.98 Å². The number of pyridine rings is 1. The highest BCUT2D eigenvalue weighted by atomic mass is 16.5. The van der Waals surface area contributed by atoms with Gasteiger partial charge in [0, 0.05) is 18.5 Å². The molecule has 0 aliphatic rings. The molecule has 4 N–H and O–H groups in total. The normalized spacial score (nSPS) is 11.3. The first-order valence-corrected chi connectivity index (χ1v) is 8.66. The number of H-pyrrole nitrogens is 1. The molecule has 0 amide bonds. The summed E-state index contributed by atoms with van der Waals surface area (Å²) in [7, 11) is 1.66. The molecule has 0 atom stereocenters. The first-order chi connectivity index (χ1) is 12.7. The first-order valence-electron chi connectivity index (χ1n) is 8.66. The molecule has 0 aliphatic heterocycles. The number of benzene rings is 1. The summed E-state index contributed by atoms with van der Waals surface area (Å²) in [6.07, 6.45) is 0. The van der Waals surface area contributed by atoms with E-state index in [1.165, 1.54) is 0 Å². The molecule has 0 aliphatic carbocycles. The number of nitrogens with one attached hydrogen (secondary N) is 2. The number of fused-ring (bicyclic) bond motifs is 2. The van der Waals surface area contributed by atoms with E-state index in [1.54, 1.807) is 7.11 Å². The van der Waals surface area contributed by atoms with Gasteiger partial charge >= 0.3 is 0 Å². The van der Waals surface area contributed by atoms with Gasteiger partial charge in [-0.2, -0.15) is 5.10 Å². The Morgan fingerprint density at radius 3 is 2.73 bits per heavy atom. The van der Waals surface area contributed by atoms with Crippen molar-refractivity contribution in [3.63, 3.8) is 0 Å². The minimum absolute atomic E-state index is 0.528. The maximum absolute atomic E-state index is 5.59. The van der Waals surface area contributed by atoms with E-state index in [2.05, 4.69) is 20.5 Å². The number of nitrogens with zero attached hydrogens (tertiary/aromatic N) is 2. The summed E-state index contributed by atoms with van der Waals surface area (Å²) in [6.45, 7) is 5.38. The number of rotatable bonds is 10. The molecule has 26 heavy (non-hydrogen) atoms. The van der Waals surface area contributed by atoms with Gasteiger partial charge in [-0.1, -0.05) is 0 Å². The molecule has 0 unspecified atom stereocenters. The molecular weight excluding hydrogens is 334 g/mol. The summed E-state index contributed by atoms with van der Waals surface area (Å²) in [6, 6.07) is 5.83. The highest BCUT2D eigenvalue weighted by Gasteiger charge is 2.14. The second-order valence-corrected chi connectivity index (χ2v) is 5.84. The van der Waals surface area contributed by atoms with Gasteiger partial charge in [0.25, 0.3) is 0 Å². The van der Waals surface area contributed by atoms with Crippen LogP contribution in [-0.4, -0.2) is 61.8 Å². The van der Waals surface area contributed by atoms with E-state index in [9.17, 15) is 0 Å². The third-order valence-corrected chi connectivity index (χ3v) is 4.07. The van der Waals surface area contributed by atoms with Gasteiger partial charge in [0.05, 0.1) is 55.8 Å². The Balaban J connectivity index is 1.75. The summed E-state index contributed by atoms with van der Waals surface area (Å²) >= 11 is 0. The van der Waals surface area contributed by atoms with E-state index >= 15 is 0 Å². The Morgan fingerprint density at radius 2 is 1.96 bits per heavy atom. The molecule has 3 aromatic rings. The van der Waals surface area contributed by atoms with Crippen LogP contribution in [0.4, 0.5) is 5.69 Å². The van der Waals surface area contributed by atoms with Gasteiger partial charge in [0.2, 0.25) is 0 Å². The van der Waals surface area contributed by atoms with Gasteiger partial charge in [0.1, 0.15) is 5.75 Å². The van der Waals surface area contributed by atoms with Crippen LogP contribution < -0.4 is 15.8 Å². The van der Waals surface area contributed by atoms with Gasteiger partial charge in [0.15, 0.2) is 5.65 Å². The van der Waals surface area contributed by atoms with Crippen LogP contribution in [0.1, 0.15) is 5.69 Å². The van der Waals surface area contributed by atoms with Gasteiger partial charge < -0.3 is 25.3 Å². The molecule has 3 rings (SSSR count). The monoisotopic (exact) mass is 359 g/mol. The summed E-state index contributed by atoms with van der Waals surface area (Å²) in [5.74, 6) is 0.788. The number of aryl methyl sites for hydroxylation is 1. The molecule has 8 heteroatoms. The number of anilines is 1. The van der Waals surface area contributed by atoms with Crippen molar-refractivity contribution in [3.05, 3.63) is 23.9 Å². The Morgan fingerprint density at radius 1 is 1.15 bits per heavy atom. The van der Waals surface area contributed by atoms with Gasteiger partial charge in [-0.15, -0.1) is 0 Å². The molecule has 0 saturated carbocycles. The van der Waals surface area contributed by atoms with Crippen molar-refractivity contribution >= 4 is 27.6 Å². The van der Waals surface area contributed by atoms with E-state index in [1.807, 2.05) is 25.1 Å². The van der Waals surface area contributed by atoms with Crippen LogP contribution in [0.2, 0.25) is 0 Å². The quantitative estimate of drug-likeness (QED) is 0.474. The lowest BCUT2D eigenvalue weighted by atomic mass is 10.1. The second-order valence-electron chi connectivity index (χ2n) is 5.84. The van der Waals surface area contributed by atoms with Gasteiger partial charge in [-0.05, 0) is 25.1 Å². The maximum Gasteiger partial charge on any atom is 0.158 e. The van der Waals surface area contributed by atoms with Crippen LogP contribution in [0.15, 0.2) is 18.2 Å². The highest BCUT2D eigenvalue weighted by Crippen LogP contribution is 2.33. The number of hydrogen-bond donors (Lipinski definition) is 3. The van der Waals surface area contributed by atoms with Crippen molar-refractivity contribution in [2.24, 2.45) is 5.73 Å². The van der Waals surface area contributed by atoms with Crippen molar-refractivity contribution in [2.75, 3.05) is 51.9 Å². The number of ether oxygens (including phenoxy) is 3. The fraction of sp³-hybridized carbons (Fsp3) is 0.444. The van der Waals surface area contributed by atoms with E-state index in [-0.39, 0.29) is 0 Å². The molecule has 2 aromatic heterocycles. The van der Waals surface area contributed by atoms with E-state index < -0.39 is 0 Å². The second kappa shape index (κ2) is 8.79. The number of hydrogen-bond acceptors (Lipinski definition) is 7. The average Bonchev–Trinajstić information content (AvgIpc) is 3.03. The number of aromatic nitrogens is 3. The van der Waals surface area contributed by atoms with Gasteiger partial charge in [-0.3, -0.25) is 5.10 Å². The molecule has 0 radical (unpaired) electrons. The summed E-state index contributed by atoms with van der Waals surface area (Å²) in [5, 5.41) is 12.7. The minimum Gasteiger partial charge on any atom is -0.497 e. The van der Waals surface area contributed by atoms with Crippen LogP contribution in [-0.2, 0) is 9.47 Å². The molecule has 0 bridgehead atoms. The summed E-state index contributed by atoms with van der Waals surface area (Å²) < 4.78 is 16.2. The zero-order chi connectivity index (χ0) is 18.4. The zero-order valence-corrected chi connectivity index (χ0v) is 15.2. The van der Waals surface area contributed by atoms with Crippen molar-refractivity contribution in [3.8, 4) is 5.75 Å².